The Balaban J connectivity index is 1.92. The zero-order valence-corrected chi connectivity index (χ0v) is 23.5. The number of carbonyl (C=O) groups is 2. The van der Waals surface area contributed by atoms with E-state index in [9.17, 15) is 18.0 Å². The Morgan fingerprint density at radius 2 is 1.67 bits per heavy atom. The second-order valence-electron chi connectivity index (χ2n) is 9.66. The zero-order chi connectivity index (χ0) is 26.7. The SMILES string of the molecule is C[C@H](C(=O)NC(C)(C)C)N(Cc1ccc(Br)cc1)C(=O)CN(c1ccc2c(c1)OCCO2)S(C)(=O)=O. The Morgan fingerprint density at radius 1 is 1.06 bits per heavy atom. The molecule has 1 aliphatic heterocycles. The molecule has 0 aliphatic carbocycles. The van der Waals surface area contributed by atoms with Gasteiger partial charge in [-0.3, -0.25) is 13.9 Å². The summed E-state index contributed by atoms with van der Waals surface area (Å²) in [5.41, 5.74) is 0.569. The maximum Gasteiger partial charge on any atom is 0.244 e. The van der Waals surface area contributed by atoms with E-state index in [-0.39, 0.29) is 18.1 Å². The number of hydrogen-bond donors (Lipinski definition) is 1. The Hall–Kier alpha value is -2.79. The highest BCUT2D eigenvalue weighted by Gasteiger charge is 2.31. The van der Waals surface area contributed by atoms with Gasteiger partial charge >= 0.3 is 0 Å². The maximum absolute atomic E-state index is 13.6. The van der Waals surface area contributed by atoms with E-state index in [1.807, 2.05) is 45.0 Å². The molecule has 0 fully saturated rings. The van der Waals surface area contributed by atoms with Crippen LogP contribution in [-0.4, -0.2) is 62.7 Å². The Labute approximate surface area is 220 Å². The average Bonchev–Trinajstić information content (AvgIpc) is 2.79. The smallest absolute Gasteiger partial charge is 0.244 e. The first-order valence-electron chi connectivity index (χ1n) is 11.5. The van der Waals surface area contributed by atoms with Crippen LogP contribution in [0.1, 0.15) is 33.3 Å². The van der Waals surface area contributed by atoms with Crippen LogP contribution in [0.2, 0.25) is 0 Å². The lowest BCUT2D eigenvalue weighted by atomic mass is 10.1. The molecule has 1 heterocycles. The highest BCUT2D eigenvalue weighted by atomic mass is 79.9. The van der Waals surface area contributed by atoms with Gasteiger partial charge in [0.05, 0.1) is 11.9 Å². The van der Waals surface area contributed by atoms with E-state index in [2.05, 4.69) is 21.2 Å². The van der Waals surface area contributed by atoms with Crippen molar-refractivity contribution in [2.75, 3.05) is 30.3 Å². The minimum atomic E-state index is -3.84. The highest BCUT2D eigenvalue weighted by Crippen LogP contribution is 2.34. The molecule has 3 rings (SSSR count). The molecular weight excluding hydrogens is 550 g/mol. The van der Waals surface area contributed by atoms with Crippen LogP contribution in [-0.2, 0) is 26.2 Å². The Kier molecular flexibility index (Phi) is 8.55. The van der Waals surface area contributed by atoms with Gasteiger partial charge in [0.1, 0.15) is 25.8 Å². The molecule has 2 aromatic carbocycles. The van der Waals surface area contributed by atoms with Crippen molar-refractivity contribution in [2.45, 2.75) is 45.8 Å². The van der Waals surface area contributed by atoms with Crippen LogP contribution in [0.4, 0.5) is 5.69 Å². The molecule has 1 N–H and O–H groups in total. The highest BCUT2D eigenvalue weighted by molar-refractivity contribution is 9.10. The molecule has 1 aliphatic rings. The van der Waals surface area contributed by atoms with Gasteiger partial charge < -0.3 is 19.7 Å². The van der Waals surface area contributed by atoms with Gasteiger partial charge in [0.2, 0.25) is 21.8 Å². The lowest BCUT2D eigenvalue weighted by Gasteiger charge is -2.33. The van der Waals surface area contributed by atoms with Gasteiger partial charge in [0.25, 0.3) is 0 Å². The average molecular weight is 583 g/mol. The number of amides is 2. The molecule has 36 heavy (non-hydrogen) atoms. The van der Waals surface area contributed by atoms with Crippen molar-refractivity contribution in [3.05, 3.63) is 52.5 Å². The van der Waals surface area contributed by atoms with Crippen molar-refractivity contribution in [2.24, 2.45) is 0 Å². The number of nitrogens with zero attached hydrogens (tertiary/aromatic N) is 2. The summed E-state index contributed by atoms with van der Waals surface area (Å²) in [6, 6.07) is 11.2. The summed E-state index contributed by atoms with van der Waals surface area (Å²) in [6.45, 7) is 7.58. The first-order chi connectivity index (χ1) is 16.7. The fourth-order valence-corrected chi connectivity index (χ4v) is 4.75. The summed E-state index contributed by atoms with van der Waals surface area (Å²) in [7, 11) is -3.84. The van der Waals surface area contributed by atoms with Gasteiger partial charge in [0.15, 0.2) is 11.5 Å². The monoisotopic (exact) mass is 581 g/mol. The van der Waals surface area contributed by atoms with Gasteiger partial charge in [-0.15, -0.1) is 0 Å². The van der Waals surface area contributed by atoms with E-state index in [4.69, 9.17) is 9.47 Å². The predicted molar refractivity (Wildman–Crippen MR) is 142 cm³/mol. The number of halogens is 1. The largest absolute Gasteiger partial charge is 0.486 e. The minimum Gasteiger partial charge on any atom is -0.486 e. The molecule has 0 saturated heterocycles. The molecule has 1 atom stereocenters. The van der Waals surface area contributed by atoms with E-state index in [1.165, 1.54) is 11.0 Å². The van der Waals surface area contributed by atoms with Crippen molar-refractivity contribution in [1.82, 2.24) is 10.2 Å². The van der Waals surface area contributed by atoms with E-state index >= 15 is 0 Å². The van der Waals surface area contributed by atoms with Crippen LogP contribution in [0, 0.1) is 0 Å². The number of sulfonamides is 1. The fraction of sp³-hybridized carbons (Fsp3) is 0.440. The van der Waals surface area contributed by atoms with Crippen LogP contribution in [0.25, 0.3) is 0 Å². The van der Waals surface area contributed by atoms with E-state index in [0.29, 0.717) is 24.7 Å². The number of carbonyl (C=O) groups excluding carboxylic acids is 2. The van der Waals surface area contributed by atoms with E-state index in [1.54, 1.807) is 19.1 Å². The van der Waals surface area contributed by atoms with E-state index in [0.717, 1.165) is 20.6 Å². The number of ether oxygens (including phenoxy) is 2. The van der Waals surface area contributed by atoms with Crippen molar-refractivity contribution in [3.63, 3.8) is 0 Å². The van der Waals surface area contributed by atoms with Crippen LogP contribution >= 0.6 is 15.9 Å². The third-order valence-electron chi connectivity index (χ3n) is 5.42. The van der Waals surface area contributed by atoms with Crippen LogP contribution in [0.3, 0.4) is 0 Å². The predicted octanol–water partition coefficient (Wildman–Crippen LogP) is 3.32. The molecule has 0 spiro atoms. The maximum atomic E-state index is 13.6. The summed E-state index contributed by atoms with van der Waals surface area (Å²) in [5.74, 6) is 0.0617. The van der Waals surface area contributed by atoms with Gasteiger partial charge in [-0.1, -0.05) is 28.1 Å². The second-order valence-corrected chi connectivity index (χ2v) is 12.5. The van der Waals surface area contributed by atoms with Crippen molar-refractivity contribution in [3.8, 4) is 11.5 Å². The quantitative estimate of drug-likeness (QED) is 0.512. The molecule has 196 valence electrons. The van der Waals surface area contributed by atoms with Crippen molar-refractivity contribution < 1.29 is 27.5 Å². The minimum absolute atomic E-state index is 0.129. The summed E-state index contributed by atoms with van der Waals surface area (Å²) in [6.07, 6.45) is 1.03. The van der Waals surface area contributed by atoms with Crippen LogP contribution < -0.4 is 19.1 Å². The Bertz CT molecular complexity index is 1210. The lowest BCUT2D eigenvalue weighted by molar-refractivity contribution is -0.140. The third-order valence-corrected chi connectivity index (χ3v) is 7.09. The normalized spacial score (nSPS) is 14.1. The van der Waals surface area contributed by atoms with Crippen LogP contribution in [0.5, 0.6) is 11.5 Å². The molecule has 0 bridgehead atoms. The van der Waals surface area contributed by atoms with E-state index < -0.39 is 34.1 Å². The molecule has 0 radical (unpaired) electrons. The fourth-order valence-electron chi connectivity index (χ4n) is 3.64. The summed E-state index contributed by atoms with van der Waals surface area (Å²) < 4.78 is 38.5. The summed E-state index contributed by atoms with van der Waals surface area (Å²) in [5, 5.41) is 2.90. The molecule has 2 aromatic rings. The molecule has 2 amide bonds. The standard InChI is InChI=1S/C25H32BrN3O6S/c1-17(24(31)27-25(2,3)4)28(15-18-6-8-19(26)9-7-18)23(30)16-29(36(5,32)33)20-10-11-21-22(14-20)35-13-12-34-21/h6-11,14,17H,12-13,15-16H2,1-5H3,(H,27,31)/t17-/m1/s1. The zero-order valence-electron chi connectivity index (χ0n) is 21.1. The number of rotatable bonds is 8. The van der Waals surface area contributed by atoms with Gasteiger partial charge in [-0.2, -0.15) is 0 Å². The van der Waals surface area contributed by atoms with Gasteiger partial charge in [-0.25, -0.2) is 8.42 Å². The topological polar surface area (TPSA) is 105 Å². The summed E-state index contributed by atoms with van der Waals surface area (Å²) in [4.78, 5) is 28.0. The first-order valence-corrected chi connectivity index (χ1v) is 14.1. The van der Waals surface area contributed by atoms with Crippen LogP contribution in [0.15, 0.2) is 46.9 Å². The molecule has 9 nitrogen and oxygen atoms in total. The third kappa shape index (κ3) is 7.36. The number of anilines is 1. The molecular formula is C25H32BrN3O6S. The van der Waals surface area contributed by atoms with Crippen molar-refractivity contribution >= 4 is 43.5 Å². The molecule has 0 saturated carbocycles. The second kappa shape index (κ2) is 11.1. The first kappa shape index (κ1) is 27.8. The molecule has 11 heteroatoms. The lowest BCUT2D eigenvalue weighted by Crippen LogP contribution is -2.54. The number of benzene rings is 2. The number of nitrogens with one attached hydrogen (secondary N) is 1. The number of fused-ring (bicyclic) bond motifs is 1. The Morgan fingerprint density at radius 3 is 2.25 bits per heavy atom. The van der Waals surface area contributed by atoms with Gasteiger partial charge in [-0.05, 0) is 57.5 Å². The molecule has 0 unspecified atom stereocenters. The van der Waals surface area contributed by atoms with Gasteiger partial charge in [0, 0.05) is 22.6 Å². The summed E-state index contributed by atoms with van der Waals surface area (Å²) >= 11 is 3.40. The number of hydrogen-bond acceptors (Lipinski definition) is 6. The van der Waals surface area contributed by atoms with Crippen molar-refractivity contribution in [1.29, 1.82) is 0 Å². The molecule has 0 aromatic heterocycles.